The second-order valence-electron chi connectivity index (χ2n) is 7.47. The second kappa shape index (κ2) is 10.8. The summed E-state index contributed by atoms with van der Waals surface area (Å²) in [7, 11) is 2.69. The maximum atomic E-state index is 13.1. The molecule has 0 aliphatic carbocycles. The van der Waals surface area contributed by atoms with Gasteiger partial charge in [0, 0.05) is 20.1 Å². The van der Waals surface area contributed by atoms with Crippen molar-refractivity contribution in [2.24, 2.45) is 0 Å². The molecule has 10 nitrogen and oxygen atoms in total. The fourth-order valence-electron chi connectivity index (χ4n) is 3.05. The molecule has 1 aromatic heterocycles. The molecule has 0 fully saturated rings. The van der Waals surface area contributed by atoms with Crippen LogP contribution < -0.4 is 19.6 Å². The molecular weight excluding hydrogens is 460 g/mol. The molecule has 184 valence electrons. The largest absolute Gasteiger partial charge is 0.493 e. The molecule has 0 spiro atoms. The van der Waals surface area contributed by atoms with Crippen molar-refractivity contribution < 1.29 is 42.5 Å². The summed E-state index contributed by atoms with van der Waals surface area (Å²) in [6, 6.07) is 9.10. The van der Waals surface area contributed by atoms with Gasteiger partial charge in [-0.15, -0.1) is 0 Å². The molecule has 0 saturated heterocycles. The van der Waals surface area contributed by atoms with Crippen molar-refractivity contribution in [3.63, 3.8) is 0 Å². The Hall–Kier alpha value is -4.18. The normalized spacial score (nSPS) is 12.5. The van der Waals surface area contributed by atoms with Crippen molar-refractivity contribution in [2.75, 3.05) is 14.2 Å². The molecule has 0 bridgehead atoms. The van der Waals surface area contributed by atoms with Crippen LogP contribution in [0.25, 0.3) is 22.1 Å². The summed E-state index contributed by atoms with van der Waals surface area (Å²) in [5, 5.41) is 0.191. The van der Waals surface area contributed by atoms with Crippen molar-refractivity contribution in [2.45, 2.75) is 33.0 Å². The minimum absolute atomic E-state index is 0.0191. The van der Waals surface area contributed by atoms with E-state index in [4.69, 9.17) is 28.1 Å². The zero-order valence-electron chi connectivity index (χ0n) is 19.8. The lowest BCUT2D eigenvalue weighted by Gasteiger charge is -2.16. The van der Waals surface area contributed by atoms with Gasteiger partial charge in [0.1, 0.15) is 17.6 Å². The van der Waals surface area contributed by atoms with Gasteiger partial charge >= 0.3 is 17.9 Å². The number of hydrogen-bond donors (Lipinski definition) is 0. The van der Waals surface area contributed by atoms with E-state index < -0.39 is 30.1 Å². The van der Waals surface area contributed by atoms with Crippen molar-refractivity contribution >= 4 is 28.9 Å². The predicted molar refractivity (Wildman–Crippen MR) is 123 cm³/mol. The van der Waals surface area contributed by atoms with Gasteiger partial charge in [0.2, 0.25) is 5.43 Å². The van der Waals surface area contributed by atoms with Crippen LogP contribution >= 0.6 is 0 Å². The first-order valence-electron chi connectivity index (χ1n) is 10.5. The second-order valence-corrected chi connectivity index (χ2v) is 7.47. The van der Waals surface area contributed by atoms with Gasteiger partial charge in [-0.05, 0) is 37.6 Å². The molecule has 0 aliphatic heterocycles. The van der Waals surface area contributed by atoms with Crippen molar-refractivity contribution in [1.82, 2.24) is 0 Å². The van der Waals surface area contributed by atoms with E-state index in [1.54, 1.807) is 24.3 Å². The minimum atomic E-state index is -1.22. The highest BCUT2D eigenvalue weighted by Crippen LogP contribution is 2.33. The maximum absolute atomic E-state index is 13.1. The molecule has 0 N–H and O–H groups in total. The summed E-state index contributed by atoms with van der Waals surface area (Å²) in [4.78, 5) is 48.5. The van der Waals surface area contributed by atoms with E-state index >= 15 is 0 Å². The first-order valence-corrected chi connectivity index (χ1v) is 10.5. The summed E-state index contributed by atoms with van der Waals surface area (Å²) >= 11 is 0. The van der Waals surface area contributed by atoms with Crippen LogP contribution in [0.3, 0.4) is 0 Å². The van der Waals surface area contributed by atoms with Crippen LogP contribution in [0.15, 0.2) is 51.9 Å². The monoisotopic (exact) mass is 484 g/mol. The molecule has 2 atom stereocenters. The highest BCUT2D eigenvalue weighted by molar-refractivity contribution is 5.87. The van der Waals surface area contributed by atoms with E-state index in [0.29, 0.717) is 11.3 Å². The Kier molecular flexibility index (Phi) is 7.87. The lowest BCUT2D eigenvalue weighted by atomic mass is 10.1. The molecule has 3 aromatic rings. The van der Waals surface area contributed by atoms with Crippen molar-refractivity contribution in [1.29, 1.82) is 0 Å². The molecule has 2 aromatic carbocycles. The van der Waals surface area contributed by atoms with Gasteiger partial charge in [-0.2, -0.15) is 0 Å². The molecule has 0 aliphatic rings. The van der Waals surface area contributed by atoms with Crippen molar-refractivity contribution in [3.8, 4) is 28.4 Å². The standard InChI is InChI=1S/C25H24O10/c1-13(30-4)24(28)33-14(2)25(29)35-22-11-20-18(10-21(22)31-5)23(27)19(12-32-20)16-6-8-17(9-7-16)34-15(3)26/h6-14H,1-5H3/t13-,14+/m0/s1. The number of esters is 3. The maximum Gasteiger partial charge on any atom is 0.352 e. The van der Waals surface area contributed by atoms with Crippen LogP contribution in [0.2, 0.25) is 0 Å². The Balaban J connectivity index is 1.89. The van der Waals surface area contributed by atoms with Gasteiger partial charge < -0.3 is 28.1 Å². The summed E-state index contributed by atoms with van der Waals surface area (Å²) in [6.45, 7) is 4.13. The molecule has 1 heterocycles. The fourth-order valence-corrected chi connectivity index (χ4v) is 3.05. The van der Waals surface area contributed by atoms with Gasteiger partial charge in [0.25, 0.3) is 0 Å². The Labute approximate surface area is 200 Å². The van der Waals surface area contributed by atoms with Gasteiger partial charge in [0.15, 0.2) is 23.7 Å². The van der Waals surface area contributed by atoms with E-state index in [1.807, 2.05) is 0 Å². The van der Waals surface area contributed by atoms with Crippen LogP contribution in [0.4, 0.5) is 0 Å². The quantitative estimate of drug-likeness (QED) is 0.347. The van der Waals surface area contributed by atoms with Crippen LogP contribution in [0.1, 0.15) is 20.8 Å². The Morgan fingerprint density at radius 3 is 2.17 bits per heavy atom. The minimum Gasteiger partial charge on any atom is -0.493 e. The topological polar surface area (TPSA) is 128 Å². The number of benzene rings is 2. The first kappa shape index (κ1) is 25.4. The number of carbonyl (C=O) groups excluding carboxylic acids is 3. The van der Waals surface area contributed by atoms with Gasteiger partial charge in [0.05, 0.1) is 18.1 Å². The van der Waals surface area contributed by atoms with Crippen molar-refractivity contribution in [3.05, 3.63) is 52.9 Å². The summed E-state index contributed by atoms with van der Waals surface area (Å²) < 4.78 is 31.2. The molecule has 0 amide bonds. The van der Waals surface area contributed by atoms with Gasteiger partial charge in [-0.3, -0.25) is 9.59 Å². The highest BCUT2D eigenvalue weighted by atomic mass is 16.6. The number of carbonyl (C=O) groups is 3. The van der Waals surface area contributed by atoms with E-state index in [2.05, 4.69) is 0 Å². The molecule has 0 saturated carbocycles. The van der Waals surface area contributed by atoms with Crippen LogP contribution in [-0.2, 0) is 23.9 Å². The van der Waals surface area contributed by atoms with Gasteiger partial charge in [-0.1, -0.05) is 12.1 Å². The molecule has 0 unspecified atom stereocenters. The van der Waals surface area contributed by atoms with Gasteiger partial charge in [-0.25, -0.2) is 9.59 Å². The number of rotatable bonds is 8. The molecule has 0 radical (unpaired) electrons. The number of fused-ring (bicyclic) bond motifs is 1. The van der Waals surface area contributed by atoms with Crippen LogP contribution in [0.5, 0.6) is 17.2 Å². The first-order chi connectivity index (χ1) is 16.6. The van der Waals surface area contributed by atoms with E-state index in [1.165, 1.54) is 53.4 Å². The smallest absolute Gasteiger partial charge is 0.352 e. The van der Waals surface area contributed by atoms with E-state index in [-0.39, 0.29) is 33.5 Å². The lowest BCUT2D eigenvalue weighted by Crippen LogP contribution is -2.32. The average Bonchev–Trinajstić information content (AvgIpc) is 2.83. The molecule has 35 heavy (non-hydrogen) atoms. The van der Waals surface area contributed by atoms with Crippen LogP contribution in [0, 0.1) is 0 Å². The van der Waals surface area contributed by atoms with E-state index in [0.717, 1.165) is 0 Å². The zero-order valence-corrected chi connectivity index (χ0v) is 19.8. The summed E-state index contributed by atoms with van der Waals surface area (Å²) in [5.74, 6) is -1.61. The average molecular weight is 484 g/mol. The summed E-state index contributed by atoms with van der Waals surface area (Å²) in [6.07, 6.45) is -0.785. The number of ether oxygens (including phenoxy) is 5. The van der Waals surface area contributed by atoms with E-state index in [9.17, 15) is 19.2 Å². The molecule has 3 rings (SSSR count). The summed E-state index contributed by atoms with van der Waals surface area (Å²) in [5.41, 5.74) is 0.619. The highest BCUT2D eigenvalue weighted by Gasteiger charge is 2.25. The zero-order chi connectivity index (χ0) is 25.7. The predicted octanol–water partition coefficient (Wildman–Crippen LogP) is 3.27. The Morgan fingerprint density at radius 2 is 1.57 bits per heavy atom. The molecular formula is C25H24O10. The lowest BCUT2D eigenvalue weighted by molar-refractivity contribution is -0.168. The third kappa shape index (κ3) is 5.85. The SMILES string of the molecule is COc1cc2c(=O)c(-c3ccc(OC(C)=O)cc3)coc2cc1OC(=O)[C@@H](C)OC(=O)[C@H](C)OC. The number of hydrogen-bond acceptors (Lipinski definition) is 10. The fraction of sp³-hybridized carbons (Fsp3) is 0.280. The Bertz CT molecular complexity index is 1310. The molecule has 10 heteroatoms. The Morgan fingerprint density at radius 1 is 0.886 bits per heavy atom. The third-order valence-corrected chi connectivity index (χ3v) is 5.01. The number of methoxy groups -OCH3 is 2. The van der Waals surface area contributed by atoms with Crippen LogP contribution in [-0.4, -0.2) is 44.3 Å². The third-order valence-electron chi connectivity index (χ3n) is 5.01.